The first kappa shape index (κ1) is 16.0. The number of hydrogen-bond acceptors (Lipinski definition) is 2. The highest BCUT2D eigenvalue weighted by atomic mass is 15.2. The number of hydrogen-bond donors (Lipinski definition) is 1. The molecule has 1 aliphatic heterocycles. The molecule has 2 nitrogen and oxygen atoms in total. The maximum absolute atomic E-state index is 6.23. The number of rotatable bonds is 8. The second-order valence-electron chi connectivity index (χ2n) is 6.06. The van der Waals surface area contributed by atoms with Gasteiger partial charge in [-0.25, -0.2) is 0 Å². The van der Waals surface area contributed by atoms with Crippen LogP contribution in [0.4, 0.5) is 0 Å². The summed E-state index contributed by atoms with van der Waals surface area (Å²) in [4.78, 5) is 2.81. The first-order valence-electron chi connectivity index (χ1n) is 8.20. The van der Waals surface area contributed by atoms with Gasteiger partial charge in [0.25, 0.3) is 0 Å². The van der Waals surface area contributed by atoms with Crippen molar-refractivity contribution in [2.45, 2.75) is 90.1 Å². The average Bonchev–Trinajstić information content (AvgIpc) is 2.39. The first-order valence-corrected chi connectivity index (χ1v) is 8.20. The first-order chi connectivity index (χ1) is 8.74. The molecule has 0 saturated carbocycles. The van der Waals surface area contributed by atoms with Crippen LogP contribution in [0, 0.1) is 0 Å². The molecule has 0 aromatic carbocycles. The molecule has 2 N–H and O–H groups in total. The molecule has 0 bridgehead atoms. The zero-order valence-corrected chi connectivity index (χ0v) is 12.9. The minimum Gasteiger partial charge on any atom is -0.329 e. The summed E-state index contributed by atoms with van der Waals surface area (Å²) < 4.78 is 0. The third-order valence-corrected chi connectivity index (χ3v) is 4.67. The normalized spacial score (nSPS) is 22.3. The van der Waals surface area contributed by atoms with Gasteiger partial charge in [-0.15, -0.1) is 0 Å². The van der Waals surface area contributed by atoms with Crippen LogP contribution in [0.1, 0.15) is 78.6 Å². The van der Waals surface area contributed by atoms with Crippen molar-refractivity contribution in [2.75, 3.05) is 13.1 Å². The second-order valence-corrected chi connectivity index (χ2v) is 6.06. The van der Waals surface area contributed by atoms with Gasteiger partial charge in [0.1, 0.15) is 0 Å². The summed E-state index contributed by atoms with van der Waals surface area (Å²) in [6.45, 7) is 9.05. The summed E-state index contributed by atoms with van der Waals surface area (Å²) in [7, 11) is 0. The summed E-state index contributed by atoms with van der Waals surface area (Å²) in [5.74, 6) is 0. The van der Waals surface area contributed by atoms with E-state index >= 15 is 0 Å². The molecule has 108 valence electrons. The van der Waals surface area contributed by atoms with Gasteiger partial charge in [0.2, 0.25) is 0 Å². The third-order valence-electron chi connectivity index (χ3n) is 4.67. The van der Waals surface area contributed by atoms with Gasteiger partial charge in [-0.2, -0.15) is 0 Å². The molecular formula is C16H34N2. The maximum atomic E-state index is 6.23. The Kier molecular flexibility index (Phi) is 7.25. The van der Waals surface area contributed by atoms with E-state index in [1.54, 1.807) is 0 Å². The van der Waals surface area contributed by atoms with E-state index in [0.29, 0.717) is 5.54 Å². The van der Waals surface area contributed by atoms with Crippen LogP contribution in [0.25, 0.3) is 0 Å². The molecule has 1 saturated heterocycles. The van der Waals surface area contributed by atoms with Gasteiger partial charge in [-0.1, -0.05) is 46.5 Å². The Morgan fingerprint density at radius 1 is 1.06 bits per heavy atom. The van der Waals surface area contributed by atoms with Gasteiger partial charge in [-0.05, 0) is 38.6 Å². The predicted molar refractivity (Wildman–Crippen MR) is 80.9 cm³/mol. The van der Waals surface area contributed by atoms with E-state index < -0.39 is 0 Å². The highest BCUT2D eigenvalue weighted by Gasteiger charge is 2.38. The lowest BCUT2D eigenvalue weighted by atomic mass is 9.82. The van der Waals surface area contributed by atoms with E-state index in [1.165, 1.54) is 64.3 Å². The number of piperidine rings is 1. The van der Waals surface area contributed by atoms with Crippen LogP contribution >= 0.6 is 0 Å². The van der Waals surface area contributed by atoms with E-state index in [2.05, 4.69) is 25.7 Å². The van der Waals surface area contributed by atoms with Crippen molar-refractivity contribution in [3.05, 3.63) is 0 Å². The number of nitrogens with two attached hydrogens (primary N) is 1. The molecule has 2 heteroatoms. The summed E-state index contributed by atoms with van der Waals surface area (Å²) in [5.41, 5.74) is 6.52. The molecule has 0 amide bonds. The Balaban J connectivity index is 2.84. The highest BCUT2D eigenvalue weighted by Crippen LogP contribution is 2.34. The van der Waals surface area contributed by atoms with E-state index in [4.69, 9.17) is 5.73 Å². The van der Waals surface area contributed by atoms with E-state index in [1.807, 2.05) is 0 Å². The van der Waals surface area contributed by atoms with Gasteiger partial charge in [-0.3, -0.25) is 4.90 Å². The molecule has 1 rings (SSSR count). The van der Waals surface area contributed by atoms with Crippen LogP contribution in [0.3, 0.4) is 0 Å². The maximum Gasteiger partial charge on any atom is 0.0334 e. The lowest BCUT2D eigenvalue weighted by molar-refractivity contribution is 0.00513. The molecular weight excluding hydrogens is 220 g/mol. The largest absolute Gasteiger partial charge is 0.329 e. The van der Waals surface area contributed by atoms with Crippen LogP contribution < -0.4 is 5.73 Å². The Morgan fingerprint density at radius 2 is 1.72 bits per heavy atom. The molecule has 0 radical (unpaired) electrons. The molecule has 1 fully saturated rings. The Bertz CT molecular complexity index is 207. The fourth-order valence-corrected chi connectivity index (χ4v) is 3.92. The summed E-state index contributed by atoms with van der Waals surface area (Å²) >= 11 is 0. The zero-order valence-electron chi connectivity index (χ0n) is 12.9. The fraction of sp³-hybridized carbons (Fsp3) is 1.00. The van der Waals surface area contributed by atoms with Crippen molar-refractivity contribution in [2.24, 2.45) is 5.73 Å². The van der Waals surface area contributed by atoms with Crippen molar-refractivity contribution in [3.8, 4) is 0 Å². The summed E-state index contributed by atoms with van der Waals surface area (Å²) in [6.07, 6.45) is 11.9. The minimum atomic E-state index is 0.295. The van der Waals surface area contributed by atoms with E-state index in [-0.39, 0.29) is 0 Å². The molecule has 0 aliphatic carbocycles. The predicted octanol–water partition coefficient (Wildman–Crippen LogP) is 3.94. The zero-order chi connectivity index (χ0) is 13.4. The van der Waals surface area contributed by atoms with Crippen molar-refractivity contribution in [1.82, 2.24) is 4.90 Å². The van der Waals surface area contributed by atoms with Crippen LogP contribution in [0.2, 0.25) is 0 Å². The summed E-state index contributed by atoms with van der Waals surface area (Å²) in [5, 5.41) is 0. The molecule has 1 aliphatic rings. The standard InChI is InChI=1S/C16H34N2/c1-4-9-15-10-7-8-13-18(15)16(14-17,11-5-2)12-6-3/h15H,4-14,17H2,1-3H3. The van der Waals surface area contributed by atoms with Crippen LogP contribution in [0.15, 0.2) is 0 Å². The smallest absolute Gasteiger partial charge is 0.0334 e. The fourth-order valence-electron chi connectivity index (χ4n) is 3.92. The SMILES string of the molecule is CCCC1CCCCN1C(CN)(CCC)CCC. The highest BCUT2D eigenvalue weighted by molar-refractivity contribution is 4.96. The van der Waals surface area contributed by atoms with Gasteiger partial charge in [0.15, 0.2) is 0 Å². The Hall–Kier alpha value is -0.0800. The average molecular weight is 254 g/mol. The quantitative estimate of drug-likeness (QED) is 0.711. The second kappa shape index (κ2) is 8.16. The molecule has 18 heavy (non-hydrogen) atoms. The van der Waals surface area contributed by atoms with Crippen molar-refractivity contribution >= 4 is 0 Å². The van der Waals surface area contributed by atoms with E-state index in [0.717, 1.165) is 12.6 Å². The van der Waals surface area contributed by atoms with Gasteiger partial charge in [0, 0.05) is 18.1 Å². The lowest BCUT2D eigenvalue weighted by Crippen LogP contribution is -2.59. The van der Waals surface area contributed by atoms with Crippen molar-refractivity contribution < 1.29 is 0 Å². The molecule has 1 atom stereocenters. The van der Waals surface area contributed by atoms with E-state index in [9.17, 15) is 0 Å². The monoisotopic (exact) mass is 254 g/mol. The topological polar surface area (TPSA) is 29.3 Å². The Morgan fingerprint density at radius 3 is 2.22 bits per heavy atom. The van der Waals surface area contributed by atoms with Crippen LogP contribution in [-0.2, 0) is 0 Å². The van der Waals surface area contributed by atoms with Gasteiger partial charge >= 0.3 is 0 Å². The van der Waals surface area contributed by atoms with Crippen molar-refractivity contribution in [1.29, 1.82) is 0 Å². The minimum absolute atomic E-state index is 0.295. The Labute approximate surface area is 114 Å². The van der Waals surface area contributed by atoms with Crippen molar-refractivity contribution in [3.63, 3.8) is 0 Å². The molecule has 1 unspecified atom stereocenters. The molecule has 0 spiro atoms. The molecule has 1 heterocycles. The van der Waals surface area contributed by atoms with Crippen LogP contribution in [0.5, 0.6) is 0 Å². The third kappa shape index (κ3) is 3.71. The molecule has 0 aromatic heterocycles. The number of likely N-dealkylation sites (tertiary alicyclic amines) is 1. The summed E-state index contributed by atoms with van der Waals surface area (Å²) in [6, 6.07) is 0.797. The lowest BCUT2D eigenvalue weighted by Gasteiger charge is -2.50. The number of nitrogens with zero attached hydrogens (tertiary/aromatic N) is 1. The van der Waals surface area contributed by atoms with Gasteiger partial charge in [0.05, 0.1) is 0 Å². The van der Waals surface area contributed by atoms with Crippen LogP contribution in [-0.4, -0.2) is 29.6 Å². The van der Waals surface area contributed by atoms with Gasteiger partial charge < -0.3 is 5.73 Å². The molecule has 0 aromatic rings.